The van der Waals surface area contributed by atoms with Crippen LogP contribution in [0.5, 0.6) is 0 Å². The SMILES string of the molecule is CCNc1c(C)c(C(F)(F)F)nc2c(F)c(F)c(F)cc12. The molecule has 0 fully saturated rings. The van der Waals surface area contributed by atoms with Gasteiger partial charge in [0.05, 0.1) is 0 Å². The van der Waals surface area contributed by atoms with E-state index in [2.05, 4.69) is 10.3 Å². The lowest BCUT2D eigenvalue weighted by Gasteiger charge is -2.17. The number of pyridine rings is 1. The van der Waals surface area contributed by atoms with E-state index < -0.39 is 34.8 Å². The summed E-state index contributed by atoms with van der Waals surface area (Å²) in [4.78, 5) is 3.14. The molecule has 1 N–H and O–H groups in total. The van der Waals surface area contributed by atoms with Crippen molar-refractivity contribution in [2.24, 2.45) is 0 Å². The third kappa shape index (κ3) is 2.50. The molecule has 0 saturated heterocycles. The molecule has 8 heteroatoms. The number of benzene rings is 1. The maximum Gasteiger partial charge on any atom is 0.433 e. The number of hydrogen-bond donors (Lipinski definition) is 1. The number of halogens is 6. The first-order valence-corrected chi connectivity index (χ1v) is 5.97. The van der Waals surface area contributed by atoms with Gasteiger partial charge < -0.3 is 5.32 Å². The predicted octanol–water partition coefficient (Wildman–Crippen LogP) is 4.41. The fourth-order valence-electron chi connectivity index (χ4n) is 2.08. The minimum absolute atomic E-state index is 0.118. The van der Waals surface area contributed by atoms with Crippen molar-refractivity contribution in [3.8, 4) is 0 Å². The number of alkyl halides is 3. The Morgan fingerprint density at radius 1 is 1.14 bits per heavy atom. The quantitative estimate of drug-likeness (QED) is 0.656. The van der Waals surface area contributed by atoms with Gasteiger partial charge in [0.25, 0.3) is 0 Å². The van der Waals surface area contributed by atoms with Crippen LogP contribution in [0.25, 0.3) is 10.9 Å². The van der Waals surface area contributed by atoms with Gasteiger partial charge >= 0.3 is 6.18 Å². The van der Waals surface area contributed by atoms with Crippen molar-refractivity contribution in [2.75, 3.05) is 11.9 Å². The van der Waals surface area contributed by atoms with Crippen molar-refractivity contribution in [3.63, 3.8) is 0 Å². The Bertz CT molecular complexity index is 708. The van der Waals surface area contributed by atoms with Gasteiger partial charge in [0.2, 0.25) is 0 Å². The van der Waals surface area contributed by atoms with E-state index in [1.54, 1.807) is 6.92 Å². The molecule has 21 heavy (non-hydrogen) atoms. The minimum atomic E-state index is -4.83. The van der Waals surface area contributed by atoms with Gasteiger partial charge in [-0.25, -0.2) is 18.2 Å². The second-order valence-corrected chi connectivity index (χ2v) is 4.37. The second-order valence-electron chi connectivity index (χ2n) is 4.37. The van der Waals surface area contributed by atoms with Crippen LogP contribution in [0.15, 0.2) is 6.07 Å². The zero-order valence-electron chi connectivity index (χ0n) is 11.0. The van der Waals surface area contributed by atoms with Crippen molar-refractivity contribution >= 4 is 16.6 Å². The molecular weight excluding hydrogens is 298 g/mol. The fourth-order valence-corrected chi connectivity index (χ4v) is 2.08. The maximum absolute atomic E-state index is 13.7. The standard InChI is InChI=1S/C13H10F6N2/c1-3-20-10-5(2)12(13(17,18)19)21-11-6(10)4-7(14)8(15)9(11)16/h4H,3H2,1-2H3,(H,20,21). The van der Waals surface area contributed by atoms with Crippen LogP contribution in [0.1, 0.15) is 18.2 Å². The van der Waals surface area contributed by atoms with Gasteiger partial charge in [-0.1, -0.05) is 0 Å². The molecule has 0 radical (unpaired) electrons. The molecule has 0 atom stereocenters. The van der Waals surface area contributed by atoms with E-state index in [9.17, 15) is 26.3 Å². The first kappa shape index (κ1) is 15.4. The van der Waals surface area contributed by atoms with Gasteiger partial charge in [0, 0.05) is 23.2 Å². The van der Waals surface area contributed by atoms with Crippen molar-refractivity contribution in [3.05, 3.63) is 34.8 Å². The zero-order chi connectivity index (χ0) is 15.9. The Morgan fingerprint density at radius 2 is 1.76 bits per heavy atom. The summed E-state index contributed by atoms with van der Waals surface area (Å²) in [5.41, 5.74) is -2.62. The van der Waals surface area contributed by atoms with E-state index in [0.717, 1.165) is 6.92 Å². The lowest BCUT2D eigenvalue weighted by molar-refractivity contribution is -0.141. The third-order valence-electron chi connectivity index (χ3n) is 2.98. The molecule has 0 unspecified atom stereocenters. The largest absolute Gasteiger partial charge is 0.433 e. The highest BCUT2D eigenvalue weighted by molar-refractivity contribution is 5.94. The van der Waals surface area contributed by atoms with Crippen LogP contribution in [0.2, 0.25) is 0 Å². The number of nitrogens with zero attached hydrogens (tertiary/aromatic N) is 1. The molecular formula is C13H10F6N2. The molecule has 0 saturated carbocycles. The van der Waals surface area contributed by atoms with Crippen LogP contribution < -0.4 is 5.32 Å². The fraction of sp³-hybridized carbons (Fsp3) is 0.308. The smallest absolute Gasteiger partial charge is 0.385 e. The van der Waals surface area contributed by atoms with Crippen molar-refractivity contribution < 1.29 is 26.3 Å². The van der Waals surface area contributed by atoms with Crippen LogP contribution in [0, 0.1) is 24.4 Å². The minimum Gasteiger partial charge on any atom is -0.385 e. The maximum atomic E-state index is 13.7. The Kier molecular flexibility index (Phi) is 3.73. The molecule has 114 valence electrons. The van der Waals surface area contributed by atoms with Crippen molar-refractivity contribution in [2.45, 2.75) is 20.0 Å². The summed E-state index contributed by atoms with van der Waals surface area (Å²) >= 11 is 0. The van der Waals surface area contributed by atoms with Gasteiger partial charge in [-0.05, 0) is 19.9 Å². The number of anilines is 1. The summed E-state index contributed by atoms with van der Waals surface area (Å²) in [6, 6.07) is 0.631. The van der Waals surface area contributed by atoms with E-state index in [-0.39, 0.29) is 23.2 Å². The number of hydrogen-bond acceptors (Lipinski definition) is 2. The molecule has 1 heterocycles. The lowest BCUT2D eigenvalue weighted by Crippen LogP contribution is -2.14. The third-order valence-corrected chi connectivity index (χ3v) is 2.98. The van der Waals surface area contributed by atoms with Crippen LogP contribution in [0.4, 0.5) is 32.0 Å². The van der Waals surface area contributed by atoms with E-state index in [1.807, 2.05) is 0 Å². The molecule has 0 bridgehead atoms. The molecule has 0 aliphatic carbocycles. The monoisotopic (exact) mass is 308 g/mol. The van der Waals surface area contributed by atoms with Gasteiger partial charge in [0.1, 0.15) is 11.2 Å². The molecule has 1 aromatic carbocycles. The van der Waals surface area contributed by atoms with Crippen LogP contribution in [0.3, 0.4) is 0 Å². The van der Waals surface area contributed by atoms with E-state index in [0.29, 0.717) is 6.07 Å². The van der Waals surface area contributed by atoms with E-state index >= 15 is 0 Å². The first-order chi connectivity index (χ1) is 9.68. The molecule has 0 aliphatic heterocycles. The first-order valence-electron chi connectivity index (χ1n) is 5.97. The molecule has 0 amide bonds. The average molecular weight is 308 g/mol. The highest BCUT2D eigenvalue weighted by Crippen LogP contribution is 2.38. The van der Waals surface area contributed by atoms with Crippen molar-refractivity contribution in [1.29, 1.82) is 0 Å². The number of aromatic nitrogens is 1. The van der Waals surface area contributed by atoms with Crippen molar-refractivity contribution in [1.82, 2.24) is 4.98 Å². The van der Waals surface area contributed by atoms with E-state index in [4.69, 9.17) is 0 Å². The Balaban J connectivity index is 2.97. The van der Waals surface area contributed by atoms with Crippen LogP contribution in [-0.4, -0.2) is 11.5 Å². The summed E-state index contributed by atoms with van der Waals surface area (Å²) in [7, 11) is 0. The Hall–Kier alpha value is -1.99. The topological polar surface area (TPSA) is 24.9 Å². The molecule has 0 aliphatic rings. The summed E-state index contributed by atoms with van der Waals surface area (Å²) in [6.07, 6.45) is -4.83. The molecule has 0 spiro atoms. The number of fused-ring (bicyclic) bond motifs is 1. The normalized spacial score (nSPS) is 12.0. The molecule has 2 aromatic rings. The summed E-state index contributed by atoms with van der Waals surface area (Å²) in [5, 5.41) is 2.37. The predicted molar refractivity (Wildman–Crippen MR) is 65.5 cm³/mol. The zero-order valence-corrected chi connectivity index (χ0v) is 11.0. The summed E-state index contributed by atoms with van der Waals surface area (Å²) in [5.74, 6) is -5.08. The molecule has 2 nitrogen and oxygen atoms in total. The molecule has 2 rings (SSSR count). The van der Waals surface area contributed by atoms with Gasteiger partial charge in [-0.3, -0.25) is 0 Å². The summed E-state index contributed by atoms with van der Waals surface area (Å²) in [6.45, 7) is 2.96. The van der Waals surface area contributed by atoms with Gasteiger partial charge in [-0.15, -0.1) is 0 Å². The van der Waals surface area contributed by atoms with Gasteiger partial charge in [0.15, 0.2) is 17.5 Å². The van der Waals surface area contributed by atoms with Crippen LogP contribution >= 0.6 is 0 Å². The van der Waals surface area contributed by atoms with Crippen LogP contribution in [-0.2, 0) is 6.18 Å². The Morgan fingerprint density at radius 3 is 2.29 bits per heavy atom. The lowest BCUT2D eigenvalue weighted by atomic mass is 10.1. The number of rotatable bonds is 2. The average Bonchev–Trinajstić information content (AvgIpc) is 2.38. The number of nitrogens with one attached hydrogen (secondary N) is 1. The van der Waals surface area contributed by atoms with E-state index in [1.165, 1.54) is 0 Å². The Labute approximate surface area is 115 Å². The summed E-state index contributed by atoms with van der Waals surface area (Å²) < 4.78 is 79.0. The second kappa shape index (κ2) is 5.09. The highest BCUT2D eigenvalue weighted by atomic mass is 19.4. The van der Waals surface area contributed by atoms with Gasteiger partial charge in [-0.2, -0.15) is 13.2 Å². The highest BCUT2D eigenvalue weighted by Gasteiger charge is 2.36. The molecule has 1 aromatic heterocycles.